The summed E-state index contributed by atoms with van der Waals surface area (Å²) >= 11 is 0. The van der Waals surface area contributed by atoms with Crippen LogP contribution in [0, 0.1) is 0 Å². The summed E-state index contributed by atoms with van der Waals surface area (Å²) in [6.45, 7) is 0. The van der Waals surface area contributed by atoms with Gasteiger partial charge in [-0.3, -0.25) is 0 Å². The minimum atomic E-state index is 0. The highest BCUT2D eigenvalue weighted by atomic mass is 35.5. The lowest BCUT2D eigenvalue weighted by Crippen LogP contribution is -1.22. The largest absolute Gasteiger partial charge is 1.00 e. The zero-order valence-electron chi connectivity index (χ0n) is 13.0. The van der Waals surface area contributed by atoms with Gasteiger partial charge in [-0.2, -0.15) is 36.6 Å². The summed E-state index contributed by atoms with van der Waals surface area (Å²) in [4.78, 5) is 16.2. The van der Waals surface area contributed by atoms with Gasteiger partial charge in [-0.1, -0.05) is 0 Å². The van der Waals surface area contributed by atoms with Crippen LogP contribution < -0.4 is 0 Å². The van der Waals surface area contributed by atoms with Gasteiger partial charge in [-0.25, -0.2) is 0 Å². The molecule has 16 heavy (non-hydrogen) atoms. The smallest absolute Gasteiger partial charge is 0.870 e. The molecule has 0 aliphatic rings. The van der Waals surface area contributed by atoms with E-state index < -0.39 is 0 Å². The van der Waals surface area contributed by atoms with Crippen molar-refractivity contribution >= 4 is 147 Å². The molecule has 0 bridgehead atoms. The maximum Gasteiger partial charge on any atom is 1.00 e. The standard InChI is InChI=1S/CO2.7ClH.2H2O.4H2S/c2-1-3;;;;;;;;;;;;;/h;7*1H;6*1H2/p+2. The molecule has 0 amide bonds. The predicted molar refractivity (Wildman–Crippen MR) is 105 cm³/mol. The Balaban J connectivity index is -0.000000000117. The van der Waals surface area contributed by atoms with Gasteiger partial charge in [0.2, 0.25) is 0 Å². The second-order valence-electron chi connectivity index (χ2n) is 0.0833. The third-order valence-corrected chi connectivity index (χ3v) is 0. The lowest BCUT2D eigenvalue weighted by Gasteiger charge is -0.945. The molecular formula is CH21Cl7O4S4+2. The van der Waals surface area contributed by atoms with Crippen LogP contribution >= 0.6 is 114 Å². The summed E-state index contributed by atoms with van der Waals surface area (Å²) in [5.74, 6) is 0. The number of hydrogen-bond acceptors (Lipinski definition) is 6. The first-order valence-electron chi connectivity index (χ1n) is 0.408. The maximum atomic E-state index is 8.12. The van der Waals surface area contributed by atoms with Gasteiger partial charge in [-0.15, -0.1) is 86.8 Å². The van der Waals surface area contributed by atoms with Crippen LogP contribution in [0.2, 0.25) is 0 Å². The van der Waals surface area contributed by atoms with Crippen molar-refractivity contribution in [2.24, 2.45) is 0 Å². The Bertz CT molecular complexity index is 68.0. The van der Waals surface area contributed by atoms with Crippen LogP contribution in [0.25, 0.3) is 0 Å². The molecule has 0 aliphatic heterocycles. The summed E-state index contributed by atoms with van der Waals surface area (Å²) in [6, 6.07) is 0. The molecule has 4 nitrogen and oxygen atoms in total. The average Bonchev–Trinajstić information content (AvgIpc) is 0.918. The van der Waals surface area contributed by atoms with E-state index in [2.05, 4.69) is 0 Å². The number of halogens is 7. The minimum Gasteiger partial charge on any atom is -0.870 e. The van der Waals surface area contributed by atoms with E-state index in [-0.39, 0.29) is 166 Å². The molecule has 0 atom stereocenters. The summed E-state index contributed by atoms with van der Waals surface area (Å²) in [5, 5.41) is 0. The van der Waals surface area contributed by atoms with Crippen molar-refractivity contribution in [3.05, 3.63) is 0 Å². The Kier molecular flexibility index (Phi) is 5870. The van der Waals surface area contributed by atoms with Crippen molar-refractivity contribution in [1.29, 1.82) is 0 Å². The minimum absolute atomic E-state index is 0. The summed E-state index contributed by atoms with van der Waals surface area (Å²) in [5.41, 5.74) is 0. The first-order chi connectivity index (χ1) is 1.41. The van der Waals surface area contributed by atoms with Gasteiger partial charge in [0.25, 0.3) is 0 Å². The second kappa shape index (κ2) is 357. The van der Waals surface area contributed by atoms with Gasteiger partial charge in [0.05, 0.1) is 0 Å². The van der Waals surface area contributed by atoms with E-state index in [9.17, 15) is 0 Å². The summed E-state index contributed by atoms with van der Waals surface area (Å²) in [6.07, 6.45) is 0.250. The lowest BCUT2D eigenvalue weighted by atomic mass is 11.8. The van der Waals surface area contributed by atoms with E-state index in [1.807, 2.05) is 0 Å². The SMILES string of the molecule is Cl.Cl.Cl.Cl.Cl.Cl.Cl.O=C=O.S.S.[H+].[H+].[H+].[H+].[H+].[H+].[OH-].[OH-].[SH-].[SH-]. The molecule has 120 valence electrons. The molecular weight excluding hydrogens is 452 g/mol. The van der Waals surface area contributed by atoms with E-state index in [4.69, 9.17) is 9.59 Å². The van der Waals surface area contributed by atoms with Crippen LogP contribution in [-0.4, -0.2) is 17.1 Å². The molecule has 0 fully saturated rings. The Morgan fingerprint density at radius 1 is 0.562 bits per heavy atom. The van der Waals surface area contributed by atoms with Crippen molar-refractivity contribution < 1.29 is 29.1 Å². The van der Waals surface area contributed by atoms with Crippen molar-refractivity contribution in [3.63, 3.8) is 0 Å². The topological polar surface area (TPSA) is 94.1 Å². The zero-order chi connectivity index (χ0) is 2.71. The van der Waals surface area contributed by atoms with E-state index in [0.29, 0.717) is 0 Å². The maximum absolute atomic E-state index is 8.12. The third kappa shape index (κ3) is 555. The molecule has 0 unspecified atom stereocenters. The number of hydrogen-bond donors (Lipinski definition) is 0. The van der Waals surface area contributed by atoms with Gasteiger partial charge < -0.3 is 37.9 Å². The molecule has 0 aromatic rings. The van der Waals surface area contributed by atoms with Crippen LogP contribution in [0.3, 0.4) is 0 Å². The highest BCUT2D eigenvalue weighted by molar-refractivity contribution is 7.59. The van der Waals surface area contributed by atoms with Gasteiger partial charge in [0.15, 0.2) is 0 Å². The Hall–Kier alpha value is 2.73. The van der Waals surface area contributed by atoms with Crippen LogP contribution in [-0.2, 0) is 36.6 Å². The summed E-state index contributed by atoms with van der Waals surface area (Å²) in [7, 11) is 0. The molecule has 0 aromatic carbocycles. The van der Waals surface area contributed by atoms with Crippen molar-refractivity contribution in [3.8, 4) is 0 Å². The normalized spacial score (nSPS) is 0.500. The molecule has 0 saturated carbocycles. The van der Waals surface area contributed by atoms with Crippen molar-refractivity contribution in [2.75, 3.05) is 0 Å². The zero-order valence-corrected chi connectivity index (χ0v) is 16.5. The fourth-order valence-corrected chi connectivity index (χ4v) is 0. The number of rotatable bonds is 0. The van der Waals surface area contributed by atoms with Gasteiger partial charge in [-0.05, 0) is 0 Å². The highest BCUT2D eigenvalue weighted by Gasteiger charge is 1.13. The monoisotopic (exact) mass is 470 g/mol. The molecule has 0 saturated heterocycles. The molecule has 0 radical (unpaired) electrons. The Morgan fingerprint density at radius 2 is 0.562 bits per heavy atom. The molecule has 0 aliphatic carbocycles. The van der Waals surface area contributed by atoms with Crippen LogP contribution in [0.1, 0.15) is 8.56 Å². The van der Waals surface area contributed by atoms with Gasteiger partial charge in [0.1, 0.15) is 0 Å². The van der Waals surface area contributed by atoms with E-state index in [1.54, 1.807) is 0 Å². The van der Waals surface area contributed by atoms with E-state index >= 15 is 0 Å². The average molecular weight is 474 g/mol. The fraction of sp³-hybridized carbons (Fsp3) is 0. The van der Waals surface area contributed by atoms with Crippen molar-refractivity contribution in [1.82, 2.24) is 0 Å². The number of carbonyl (C=O) groups excluding carboxylic acids is 2. The quantitative estimate of drug-likeness (QED) is 0.396. The molecule has 0 aromatic heterocycles. The Morgan fingerprint density at radius 3 is 0.562 bits per heavy atom. The van der Waals surface area contributed by atoms with Crippen LogP contribution in [0.15, 0.2) is 0 Å². The molecule has 0 rings (SSSR count). The highest BCUT2D eigenvalue weighted by Crippen LogP contribution is 0.787. The third-order valence-electron chi connectivity index (χ3n) is 0. The van der Waals surface area contributed by atoms with Gasteiger partial charge >= 0.3 is 14.7 Å². The Labute approximate surface area is 175 Å². The molecule has 0 spiro atoms. The van der Waals surface area contributed by atoms with Crippen molar-refractivity contribution in [2.45, 2.75) is 0 Å². The molecule has 0 heterocycles. The second-order valence-corrected chi connectivity index (χ2v) is 0.0833. The molecule has 2 N–H and O–H groups in total. The lowest BCUT2D eigenvalue weighted by molar-refractivity contribution is -0.191. The van der Waals surface area contributed by atoms with E-state index in [1.165, 1.54) is 0 Å². The fourth-order valence-electron chi connectivity index (χ4n) is 0. The summed E-state index contributed by atoms with van der Waals surface area (Å²) < 4.78 is 0. The van der Waals surface area contributed by atoms with Gasteiger partial charge in [0, 0.05) is 0 Å². The number of thiol groups is 2. The van der Waals surface area contributed by atoms with Crippen LogP contribution in [0.4, 0.5) is 0 Å². The van der Waals surface area contributed by atoms with E-state index in [0.717, 1.165) is 0 Å². The first-order valence-corrected chi connectivity index (χ1v) is 0.408. The molecule has 15 heteroatoms. The van der Waals surface area contributed by atoms with Crippen LogP contribution in [0.5, 0.6) is 0 Å². The predicted octanol–water partition coefficient (Wildman–Crippen LogP) is 2.38. The first kappa shape index (κ1) is 263.